The highest BCUT2D eigenvalue weighted by atomic mass is 16.5. The van der Waals surface area contributed by atoms with E-state index >= 15 is 0 Å². The first-order valence-electron chi connectivity index (χ1n) is 10.2. The second-order valence-electron chi connectivity index (χ2n) is 7.67. The van der Waals surface area contributed by atoms with Crippen LogP contribution in [0.15, 0.2) is 60.8 Å². The number of hydrogen-bond donors (Lipinski definition) is 1. The molecular formula is C24H28N2O2. The van der Waals surface area contributed by atoms with Crippen molar-refractivity contribution in [2.75, 3.05) is 19.7 Å². The molecule has 0 bridgehead atoms. The number of rotatable bonds is 7. The molecule has 4 heteroatoms. The molecule has 0 spiro atoms. The molecule has 0 aliphatic carbocycles. The molecule has 4 nitrogen and oxygen atoms in total. The maximum Gasteiger partial charge on any atom is 0.123 e. The van der Waals surface area contributed by atoms with E-state index in [1.165, 1.54) is 16.5 Å². The lowest BCUT2D eigenvalue weighted by atomic mass is 9.94. The van der Waals surface area contributed by atoms with E-state index in [1.54, 1.807) is 0 Å². The maximum absolute atomic E-state index is 10.7. The van der Waals surface area contributed by atoms with Gasteiger partial charge in [-0.05, 0) is 36.6 Å². The predicted octanol–water partition coefficient (Wildman–Crippen LogP) is 4.06. The molecule has 2 heterocycles. The summed E-state index contributed by atoms with van der Waals surface area (Å²) in [6, 6.07) is 18.6. The van der Waals surface area contributed by atoms with E-state index in [0.29, 0.717) is 6.54 Å². The zero-order valence-corrected chi connectivity index (χ0v) is 16.4. The second kappa shape index (κ2) is 8.72. The number of aliphatic hydroxyl groups is 1. The van der Waals surface area contributed by atoms with E-state index < -0.39 is 0 Å². The van der Waals surface area contributed by atoms with Crippen LogP contribution < -0.4 is 4.74 Å². The molecule has 1 saturated heterocycles. The lowest BCUT2D eigenvalue weighted by Gasteiger charge is -2.18. The SMILES string of the molecule is CCCOc1ccccc1CN1C[C@@H](Cc2ccnc3ccccc23)[C@@H](O)C1. The van der Waals surface area contributed by atoms with E-state index in [4.69, 9.17) is 4.74 Å². The average Bonchev–Trinajstić information content (AvgIpc) is 3.06. The van der Waals surface area contributed by atoms with Gasteiger partial charge in [-0.25, -0.2) is 0 Å². The Balaban J connectivity index is 1.45. The smallest absolute Gasteiger partial charge is 0.123 e. The minimum Gasteiger partial charge on any atom is -0.493 e. The Kier molecular flexibility index (Phi) is 5.89. The Hall–Kier alpha value is -2.43. The number of nitrogens with zero attached hydrogens (tertiary/aromatic N) is 2. The van der Waals surface area contributed by atoms with Crippen molar-refractivity contribution in [1.82, 2.24) is 9.88 Å². The summed E-state index contributed by atoms with van der Waals surface area (Å²) in [6.07, 6.45) is 3.43. The molecule has 1 aliphatic rings. The summed E-state index contributed by atoms with van der Waals surface area (Å²) in [5.41, 5.74) is 3.48. The van der Waals surface area contributed by atoms with Crippen LogP contribution in [0, 0.1) is 5.92 Å². The van der Waals surface area contributed by atoms with Gasteiger partial charge in [0.05, 0.1) is 18.2 Å². The first-order valence-corrected chi connectivity index (χ1v) is 10.2. The van der Waals surface area contributed by atoms with E-state index in [1.807, 2.05) is 30.5 Å². The predicted molar refractivity (Wildman–Crippen MR) is 112 cm³/mol. The number of fused-ring (bicyclic) bond motifs is 1. The molecule has 0 radical (unpaired) electrons. The number of pyridine rings is 1. The zero-order valence-electron chi connectivity index (χ0n) is 16.4. The quantitative estimate of drug-likeness (QED) is 0.675. The zero-order chi connectivity index (χ0) is 19.3. The first-order chi connectivity index (χ1) is 13.7. The number of benzene rings is 2. The molecule has 3 aromatic rings. The lowest BCUT2D eigenvalue weighted by Crippen LogP contribution is -2.21. The summed E-state index contributed by atoms with van der Waals surface area (Å²) in [4.78, 5) is 6.79. The van der Waals surface area contributed by atoms with Crippen LogP contribution >= 0.6 is 0 Å². The summed E-state index contributed by atoms with van der Waals surface area (Å²) in [5, 5.41) is 11.9. The summed E-state index contributed by atoms with van der Waals surface area (Å²) in [6.45, 7) is 5.25. The monoisotopic (exact) mass is 376 g/mol. The molecule has 2 aromatic carbocycles. The fourth-order valence-corrected chi connectivity index (χ4v) is 4.11. The average molecular weight is 377 g/mol. The van der Waals surface area contributed by atoms with Crippen LogP contribution in [0.3, 0.4) is 0 Å². The number of β-amino-alcohol motifs (C(OH)–C–C–N with tert-alkyl or cyclic N) is 1. The molecular weight excluding hydrogens is 348 g/mol. The normalized spacial score (nSPS) is 19.9. The maximum atomic E-state index is 10.7. The third-order valence-electron chi connectivity index (χ3n) is 5.53. The van der Waals surface area contributed by atoms with Crippen molar-refractivity contribution in [2.24, 2.45) is 5.92 Å². The number of likely N-dealkylation sites (tertiary alicyclic amines) is 1. The molecule has 28 heavy (non-hydrogen) atoms. The Morgan fingerprint density at radius 2 is 1.86 bits per heavy atom. The molecule has 0 unspecified atom stereocenters. The van der Waals surface area contributed by atoms with Gasteiger partial charge in [0.2, 0.25) is 0 Å². The van der Waals surface area contributed by atoms with Crippen molar-refractivity contribution < 1.29 is 9.84 Å². The first kappa shape index (κ1) is 18.9. The molecule has 146 valence electrons. The molecule has 4 rings (SSSR count). The lowest BCUT2D eigenvalue weighted by molar-refractivity contribution is 0.141. The van der Waals surface area contributed by atoms with Crippen molar-refractivity contribution in [3.63, 3.8) is 0 Å². The summed E-state index contributed by atoms with van der Waals surface area (Å²) in [7, 11) is 0. The summed E-state index contributed by atoms with van der Waals surface area (Å²) < 4.78 is 5.90. The highest BCUT2D eigenvalue weighted by molar-refractivity contribution is 5.81. The van der Waals surface area contributed by atoms with Crippen LogP contribution in [0.25, 0.3) is 10.9 Å². The van der Waals surface area contributed by atoms with Crippen molar-refractivity contribution in [3.05, 3.63) is 71.9 Å². The molecule has 1 aliphatic heterocycles. The van der Waals surface area contributed by atoms with Crippen LogP contribution in [0.4, 0.5) is 0 Å². The van der Waals surface area contributed by atoms with Gasteiger partial charge in [-0.2, -0.15) is 0 Å². The van der Waals surface area contributed by atoms with Gasteiger partial charge in [0.1, 0.15) is 5.75 Å². The van der Waals surface area contributed by atoms with E-state index in [9.17, 15) is 5.11 Å². The number of aliphatic hydroxyl groups excluding tert-OH is 1. The third kappa shape index (κ3) is 4.18. The fraction of sp³-hybridized carbons (Fsp3) is 0.375. The minimum absolute atomic E-state index is 0.231. The Morgan fingerprint density at radius 3 is 2.75 bits per heavy atom. The van der Waals surface area contributed by atoms with Crippen molar-refractivity contribution in [2.45, 2.75) is 32.4 Å². The molecule has 1 N–H and O–H groups in total. The Morgan fingerprint density at radius 1 is 1.04 bits per heavy atom. The van der Waals surface area contributed by atoms with Gasteiger partial charge in [-0.15, -0.1) is 0 Å². The number of aromatic nitrogens is 1. The van der Waals surface area contributed by atoms with Gasteiger partial charge in [-0.3, -0.25) is 9.88 Å². The van der Waals surface area contributed by atoms with Crippen LogP contribution in [0.5, 0.6) is 5.75 Å². The topological polar surface area (TPSA) is 45.6 Å². The molecule has 1 fully saturated rings. The number of ether oxygens (including phenoxy) is 1. The second-order valence-corrected chi connectivity index (χ2v) is 7.67. The van der Waals surface area contributed by atoms with Gasteiger partial charge in [-0.1, -0.05) is 43.3 Å². The standard InChI is InChI=1S/C24H28N2O2/c1-2-13-28-24-10-6-3-7-19(24)15-26-16-20(23(27)17-26)14-18-11-12-25-22-9-5-4-8-21(18)22/h3-12,20,23,27H,2,13-17H2,1H3/t20-,23+/m1/s1. The highest BCUT2D eigenvalue weighted by Gasteiger charge is 2.32. The number of hydrogen-bond acceptors (Lipinski definition) is 4. The third-order valence-corrected chi connectivity index (χ3v) is 5.53. The van der Waals surface area contributed by atoms with Crippen LogP contribution in [0.2, 0.25) is 0 Å². The highest BCUT2D eigenvalue weighted by Crippen LogP contribution is 2.28. The van der Waals surface area contributed by atoms with Gasteiger partial charge < -0.3 is 9.84 Å². The largest absolute Gasteiger partial charge is 0.493 e. The Bertz CT molecular complexity index is 922. The van der Waals surface area contributed by atoms with E-state index in [2.05, 4.69) is 47.1 Å². The molecule has 1 aromatic heterocycles. The van der Waals surface area contributed by atoms with Crippen LogP contribution in [-0.2, 0) is 13.0 Å². The van der Waals surface area contributed by atoms with Gasteiger partial charge in [0.15, 0.2) is 0 Å². The minimum atomic E-state index is -0.310. The summed E-state index contributed by atoms with van der Waals surface area (Å²) >= 11 is 0. The van der Waals surface area contributed by atoms with Gasteiger partial charge in [0.25, 0.3) is 0 Å². The van der Waals surface area contributed by atoms with Crippen molar-refractivity contribution in [3.8, 4) is 5.75 Å². The molecule has 2 atom stereocenters. The Labute approximate surface area is 166 Å². The van der Waals surface area contributed by atoms with Gasteiger partial charge in [0, 0.05) is 42.7 Å². The van der Waals surface area contributed by atoms with Crippen LogP contribution in [0.1, 0.15) is 24.5 Å². The molecule has 0 amide bonds. The van der Waals surface area contributed by atoms with E-state index in [-0.39, 0.29) is 12.0 Å². The van der Waals surface area contributed by atoms with E-state index in [0.717, 1.165) is 43.8 Å². The van der Waals surface area contributed by atoms with Crippen LogP contribution in [-0.4, -0.2) is 40.8 Å². The fourth-order valence-electron chi connectivity index (χ4n) is 4.11. The summed E-state index contributed by atoms with van der Waals surface area (Å²) in [5.74, 6) is 1.19. The van der Waals surface area contributed by atoms with Gasteiger partial charge >= 0.3 is 0 Å². The van der Waals surface area contributed by atoms with Crippen molar-refractivity contribution >= 4 is 10.9 Å². The van der Waals surface area contributed by atoms with Crippen molar-refractivity contribution in [1.29, 1.82) is 0 Å². The molecule has 0 saturated carbocycles. The number of para-hydroxylation sites is 2.